The molecule has 30 heavy (non-hydrogen) atoms. The van der Waals surface area contributed by atoms with Crippen LogP contribution in [0.25, 0.3) is 0 Å². The number of ether oxygens (including phenoxy) is 1. The smallest absolute Gasteiger partial charge is 0.306 e. The minimum atomic E-state index is -0.500. The third kappa shape index (κ3) is 7.58. The van der Waals surface area contributed by atoms with Gasteiger partial charge in [-0.1, -0.05) is 37.3 Å². The molecule has 0 aromatic heterocycles. The van der Waals surface area contributed by atoms with Crippen molar-refractivity contribution in [1.29, 1.82) is 5.41 Å². The van der Waals surface area contributed by atoms with Crippen LogP contribution >= 0.6 is 0 Å². The Morgan fingerprint density at radius 3 is 2.50 bits per heavy atom. The molecule has 0 heterocycles. The summed E-state index contributed by atoms with van der Waals surface area (Å²) in [4.78, 5) is 24.6. The molecule has 2 aromatic rings. The molecule has 0 saturated carbocycles. The van der Waals surface area contributed by atoms with Crippen molar-refractivity contribution in [2.45, 2.75) is 52.2 Å². The molecule has 0 spiro atoms. The molecule has 0 aliphatic carbocycles. The topological polar surface area (TPSA) is 117 Å². The van der Waals surface area contributed by atoms with Gasteiger partial charge in [-0.3, -0.25) is 15.0 Å². The minimum absolute atomic E-state index is 0.00448. The van der Waals surface area contributed by atoms with Gasteiger partial charge in [-0.15, -0.1) is 0 Å². The molecule has 0 bridgehead atoms. The predicted molar refractivity (Wildman–Crippen MR) is 118 cm³/mol. The van der Waals surface area contributed by atoms with E-state index >= 15 is 0 Å². The lowest BCUT2D eigenvalue weighted by atomic mass is 9.96. The van der Waals surface area contributed by atoms with Crippen LogP contribution in [0.15, 0.2) is 48.5 Å². The van der Waals surface area contributed by atoms with Gasteiger partial charge in [-0.2, -0.15) is 0 Å². The molecule has 0 aliphatic heterocycles. The van der Waals surface area contributed by atoms with Crippen LogP contribution in [0, 0.1) is 5.41 Å². The minimum Gasteiger partial charge on any atom is -0.460 e. The molecule has 2 rings (SSSR count). The van der Waals surface area contributed by atoms with E-state index in [0.717, 1.165) is 11.1 Å². The Hall–Kier alpha value is -3.35. The molecule has 160 valence electrons. The highest BCUT2D eigenvalue weighted by atomic mass is 16.6. The molecule has 1 amide bonds. The standard InChI is InChI=1S/C23H30N4O3/c1-15(11-20(28)30-23(2,3)4)17-8-5-7-16(12-17)14-26-21(29)18-9-6-10-19(13-18)27-22(24)25/h5-10,12-13,15H,11,14H2,1-4H3,(H,26,29)(H4,24,25,27). The first-order chi connectivity index (χ1) is 14.0. The summed E-state index contributed by atoms with van der Waals surface area (Å²) in [6, 6.07) is 14.6. The number of hydrogen-bond acceptors (Lipinski definition) is 4. The molecule has 0 saturated heterocycles. The van der Waals surface area contributed by atoms with Crippen molar-refractivity contribution in [2.24, 2.45) is 5.73 Å². The van der Waals surface area contributed by atoms with Crippen LogP contribution < -0.4 is 16.4 Å². The van der Waals surface area contributed by atoms with E-state index in [2.05, 4.69) is 10.6 Å². The lowest BCUT2D eigenvalue weighted by Gasteiger charge is -2.21. The Morgan fingerprint density at radius 2 is 1.83 bits per heavy atom. The van der Waals surface area contributed by atoms with Crippen molar-refractivity contribution >= 4 is 23.5 Å². The maximum atomic E-state index is 12.5. The largest absolute Gasteiger partial charge is 0.460 e. The third-order valence-electron chi connectivity index (χ3n) is 4.27. The Kier molecular flexibility index (Phi) is 7.58. The SMILES string of the molecule is CC(CC(=O)OC(C)(C)C)c1cccc(CNC(=O)c2cccc(NC(=N)N)c2)c1. The average molecular weight is 411 g/mol. The van der Waals surface area contributed by atoms with Gasteiger partial charge >= 0.3 is 5.97 Å². The van der Waals surface area contributed by atoms with Crippen molar-refractivity contribution in [3.63, 3.8) is 0 Å². The van der Waals surface area contributed by atoms with E-state index in [4.69, 9.17) is 15.9 Å². The summed E-state index contributed by atoms with van der Waals surface area (Å²) in [5.74, 6) is -0.642. The summed E-state index contributed by atoms with van der Waals surface area (Å²) in [6.45, 7) is 7.89. The normalized spacial score (nSPS) is 12.0. The van der Waals surface area contributed by atoms with Crippen LogP contribution in [0.2, 0.25) is 0 Å². The molecule has 0 fully saturated rings. The van der Waals surface area contributed by atoms with Crippen LogP contribution in [-0.4, -0.2) is 23.4 Å². The highest BCUT2D eigenvalue weighted by Crippen LogP contribution is 2.22. The van der Waals surface area contributed by atoms with Gasteiger partial charge in [0.05, 0.1) is 6.42 Å². The number of carbonyl (C=O) groups excluding carboxylic acids is 2. The Labute approximate surface area is 177 Å². The van der Waals surface area contributed by atoms with E-state index in [1.807, 2.05) is 52.0 Å². The van der Waals surface area contributed by atoms with Crippen molar-refractivity contribution in [2.75, 3.05) is 5.32 Å². The molecular formula is C23H30N4O3. The zero-order valence-electron chi connectivity index (χ0n) is 17.9. The van der Waals surface area contributed by atoms with Gasteiger partial charge in [0.2, 0.25) is 0 Å². The second kappa shape index (κ2) is 9.91. The summed E-state index contributed by atoms with van der Waals surface area (Å²) < 4.78 is 5.40. The van der Waals surface area contributed by atoms with Crippen molar-refractivity contribution in [3.05, 3.63) is 65.2 Å². The second-order valence-corrected chi connectivity index (χ2v) is 8.24. The van der Waals surface area contributed by atoms with E-state index < -0.39 is 5.60 Å². The van der Waals surface area contributed by atoms with E-state index in [1.165, 1.54) is 0 Å². The van der Waals surface area contributed by atoms with E-state index in [0.29, 0.717) is 24.2 Å². The molecule has 1 atom stereocenters. The van der Waals surface area contributed by atoms with Gasteiger partial charge in [0.15, 0.2) is 5.96 Å². The summed E-state index contributed by atoms with van der Waals surface area (Å²) in [5, 5.41) is 12.8. The first kappa shape index (κ1) is 22.9. The summed E-state index contributed by atoms with van der Waals surface area (Å²) in [6.07, 6.45) is 0.295. The van der Waals surface area contributed by atoms with Gasteiger partial charge < -0.3 is 21.1 Å². The monoisotopic (exact) mass is 410 g/mol. The molecular weight excluding hydrogens is 380 g/mol. The number of guanidine groups is 1. The molecule has 5 N–H and O–H groups in total. The molecule has 7 nitrogen and oxygen atoms in total. The molecule has 7 heteroatoms. The summed E-state index contributed by atoms with van der Waals surface area (Å²) >= 11 is 0. The van der Waals surface area contributed by atoms with Gasteiger partial charge in [-0.05, 0) is 56.0 Å². The van der Waals surface area contributed by atoms with E-state index in [1.54, 1.807) is 24.3 Å². The van der Waals surface area contributed by atoms with Crippen molar-refractivity contribution in [3.8, 4) is 0 Å². The Morgan fingerprint density at radius 1 is 1.13 bits per heavy atom. The fourth-order valence-corrected chi connectivity index (χ4v) is 2.94. The van der Waals surface area contributed by atoms with Gasteiger partial charge in [0.25, 0.3) is 5.91 Å². The molecule has 1 unspecified atom stereocenters. The second-order valence-electron chi connectivity index (χ2n) is 8.24. The lowest BCUT2D eigenvalue weighted by molar-refractivity contribution is -0.155. The number of nitrogens with one attached hydrogen (secondary N) is 3. The predicted octanol–water partition coefficient (Wildman–Crippen LogP) is 3.76. The summed E-state index contributed by atoms with van der Waals surface area (Å²) in [7, 11) is 0. The number of nitrogens with two attached hydrogens (primary N) is 1. The molecule has 0 aliphatic rings. The molecule has 0 radical (unpaired) electrons. The van der Waals surface area contributed by atoms with E-state index in [9.17, 15) is 9.59 Å². The van der Waals surface area contributed by atoms with E-state index in [-0.39, 0.29) is 23.8 Å². The van der Waals surface area contributed by atoms with Gasteiger partial charge in [-0.25, -0.2) is 0 Å². The van der Waals surface area contributed by atoms with Crippen LogP contribution in [0.1, 0.15) is 61.5 Å². The average Bonchev–Trinajstić information content (AvgIpc) is 2.64. The fraction of sp³-hybridized carbons (Fsp3) is 0.348. The van der Waals surface area contributed by atoms with Gasteiger partial charge in [0, 0.05) is 17.8 Å². The first-order valence-corrected chi connectivity index (χ1v) is 9.83. The number of benzene rings is 2. The van der Waals surface area contributed by atoms with Crippen molar-refractivity contribution in [1.82, 2.24) is 5.32 Å². The van der Waals surface area contributed by atoms with Crippen LogP contribution in [0.5, 0.6) is 0 Å². The lowest BCUT2D eigenvalue weighted by Crippen LogP contribution is -2.25. The zero-order chi connectivity index (χ0) is 22.3. The summed E-state index contributed by atoms with van der Waals surface area (Å²) in [5.41, 5.74) is 7.83. The third-order valence-corrected chi connectivity index (χ3v) is 4.27. The maximum Gasteiger partial charge on any atom is 0.306 e. The van der Waals surface area contributed by atoms with Crippen molar-refractivity contribution < 1.29 is 14.3 Å². The zero-order valence-corrected chi connectivity index (χ0v) is 17.9. The number of rotatable bonds is 7. The number of hydrogen-bond donors (Lipinski definition) is 4. The van der Waals surface area contributed by atoms with Crippen LogP contribution in [0.4, 0.5) is 5.69 Å². The highest BCUT2D eigenvalue weighted by Gasteiger charge is 2.19. The maximum absolute atomic E-state index is 12.5. The van der Waals surface area contributed by atoms with Crippen LogP contribution in [-0.2, 0) is 16.1 Å². The molecule has 2 aromatic carbocycles. The number of carbonyl (C=O) groups is 2. The number of anilines is 1. The van der Waals surface area contributed by atoms with Gasteiger partial charge in [0.1, 0.15) is 5.60 Å². The number of amides is 1. The highest BCUT2D eigenvalue weighted by molar-refractivity contribution is 5.96. The Bertz CT molecular complexity index is 919. The quantitative estimate of drug-likeness (QED) is 0.315. The number of esters is 1. The fourth-order valence-electron chi connectivity index (χ4n) is 2.94. The Balaban J connectivity index is 1.97. The first-order valence-electron chi connectivity index (χ1n) is 9.83. The van der Waals surface area contributed by atoms with Crippen LogP contribution in [0.3, 0.4) is 0 Å².